The van der Waals surface area contributed by atoms with Crippen LogP contribution in [0.4, 0.5) is 32.7 Å². The quantitative estimate of drug-likeness (QED) is 0.160. The molecule has 270 valence electrons. The molecule has 2 atom stereocenters. The summed E-state index contributed by atoms with van der Waals surface area (Å²) in [5, 5.41) is 6.05. The van der Waals surface area contributed by atoms with E-state index in [9.17, 15) is 35.2 Å². The normalized spacial score (nSPS) is 17.2. The highest BCUT2D eigenvalue weighted by atomic mass is 32.2. The van der Waals surface area contributed by atoms with Gasteiger partial charge >= 0.3 is 12.3 Å². The number of pyridine rings is 1. The number of carbonyl (C=O) groups excluding carboxylic acids is 1. The van der Waals surface area contributed by atoms with Gasteiger partial charge in [0.15, 0.2) is 0 Å². The molecule has 2 aromatic carbocycles. The van der Waals surface area contributed by atoms with E-state index in [0.29, 0.717) is 12.8 Å². The maximum absolute atomic E-state index is 14.2. The first-order chi connectivity index (χ1) is 23.9. The third kappa shape index (κ3) is 7.46. The fraction of sp³-hybridized carbons (Fsp3) is 0.371. The Morgan fingerprint density at radius 3 is 2.27 bits per heavy atom. The molecule has 2 N–H and O–H groups in total. The van der Waals surface area contributed by atoms with Crippen molar-refractivity contribution in [2.75, 3.05) is 5.32 Å². The number of hydrogen-bond donors (Lipinski definition) is 2. The topological polar surface area (TPSA) is 128 Å². The number of ether oxygens (including phenoxy) is 1. The Balaban J connectivity index is 1.49. The van der Waals surface area contributed by atoms with Gasteiger partial charge in [-0.1, -0.05) is 36.6 Å². The lowest BCUT2D eigenvalue weighted by atomic mass is 9.90. The summed E-state index contributed by atoms with van der Waals surface area (Å²) in [4.78, 5) is 25.2. The van der Waals surface area contributed by atoms with Crippen molar-refractivity contribution >= 4 is 43.9 Å². The van der Waals surface area contributed by atoms with Crippen LogP contribution in [-0.4, -0.2) is 51.1 Å². The number of fused-ring (bicyclic) bond motifs is 2. The average Bonchev–Trinajstić information content (AvgIpc) is 3.43. The second-order valence-electron chi connectivity index (χ2n) is 13.5. The lowest BCUT2D eigenvalue weighted by Crippen LogP contribution is -2.50. The van der Waals surface area contributed by atoms with Gasteiger partial charge in [0.05, 0.1) is 27.5 Å². The monoisotopic (exact) mass is 730 g/mol. The molecule has 1 aliphatic carbocycles. The first kappa shape index (κ1) is 35.9. The zero-order chi connectivity index (χ0) is 36.9. The highest BCUT2D eigenvalue weighted by molar-refractivity contribution is 7.90. The van der Waals surface area contributed by atoms with E-state index in [1.54, 1.807) is 39.8 Å². The van der Waals surface area contributed by atoms with Crippen LogP contribution in [0.2, 0.25) is 0 Å². The minimum atomic E-state index is -4.78. The van der Waals surface area contributed by atoms with Gasteiger partial charge in [0.25, 0.3) is 16.4 Å². The highest BCUT2D eigenvalue weighted by Crippen LogP contribution is 2.40. The minimum absolute atomic E-state index is 0.0306. The molecule has 3 aromatic heterocycles. The molecule has 10 nitrogen and oxygen atoms in total. The fourth-order valence-electron chi connectivity index (χ4n) is 6.19. The van der Waals surface area contributed by atoms with Gasteiger partial charge in [0.2, 0.25) is 5.95 Å². The second kappa shape index (κ2) is 13.4. The largest absolute Gasteiger partial charge is 0.444 e. The van der Waals surface area contributed by atoms with E-state index in [1.807, 2.05) is 0 Å². The Morgan fingerprint density at radius 2 is 1.63 bits per heavy atom. The first-order valence-electron chi connectivity index (χ1n) is 16.2. The van der Waals surface area contributed by atoms with Crippen molar-refractivity contribution in [3.8, 4) is 11.1 Å². The van der Waals surface area contributed by atoms with Crippen molar-refractivity contribution in [1.82, 2.24) is 24.2 Å². The predicted octanol–water partition coefficient (Wildman–Crippen LogP) is 8.40. The van der Waals surface area contributed by atoms with Crippen LogP contribution in [0.25, 0.3) is 32.9 Å². The van der Waals surface area contributed by atoms with Crippen molar-refractivity contribution in [3.05, 3.63) is 77.9 Å². The fourth-order valence-corrected chi connectivity index (χ4v) is 7.55. The Morgan fingerprint density at radius 1 is 0.941 bits per heavy atom. The summed E-state index contributed by atoms with van der Waals surface area (Å²) < 4.78 is 104. The molecule has 0 spiro atoms. The minimum Gasteiger partial charge on any atom is -0.444 e. The average molecular weight is 731 g/mol. The van der Waals surface area contributed by atoms with Crippen molar-refractivity contribution in [2.45, 2.75) is 88.6 Å². The lowest BCUT2D eigenvalue weighted by Gasteiger charge is -2.33. The number of carbonyl (C=O) groups is 1. The Bertz CT molecular complexity index is 2220. The summed E-state index contributed by atoms with van der Waals surface area (Å²) in [6.45, 7) is 7.00. The molecular weight excluding hydrogens is 695 g/mol. The van der Waals surface area contributed by atoms with Crippen molar-refractivity contribution < 1.29 is 39.9 Å². The molecule has 1 aliphatic rings. The molecule has 5 aromatic rings. The summed E-state index contributed by atoms with van der Waals surface area (Å²) in [5.41, 5.74) is -1.77. The van der Waals surface area contributed by atoms with Gasteiger partial charge in [-0.2, -0.15) is 13.2 Å². The number of alkyl halides is 5. The van der Waals surface area contributed by atoms with E-state index in [1.165, 1.54) is 18.3 Å². The Hall–Kier alpha value is -4.86. The van der Waals surface area contributed by atoms with E-state index in [4.69, 9.17) is 4.74 Å². The summed E-state index contributed by atoms with van der Waals surface area (Å²) >= 11 is 0. The molecule has 1 fully saturated rings. The summed E-state index contributed by atoms with van der Waals surface area (Å²) in [7, 11) is -4.44. The van der Waals surface area contributed by atoms with Crippen LogP contribution < -0.4 is 10.6 Å². The molecule has 16 heteroatoms. The summed E-state index contributed by atoms with van der Waals surface area (Å²) in [6.07, 6.45) is -2.06. The molecule has 0 aliphatic heterocycles. The van der Waals surface area contributed by atoms with Gasteiger partial charge in [0, 0.05) is 46.5 Å². The molecule has 51 heavy (non-hydrogen) atoms. The standard InChI is InChI=1S/C35H35F5N6O4S/c1-19-9-12-21(13-10-19)51(48,49)46-18-25(22-14-11-20(15-28(22)46)35(38,39)40)23-16-41-30(31(36)37)24-17-42-32(45-29(23)24)43-26-7-5-6-8-27(26)44-33(47)50-34(2,3)4/h9-18,26-27,31H,5-8H2,1-4H3,(H,44,47)(H,42,43,45)/t26-,27+/m1/s1. The lowest BCUT2D eigenvalue weighted by molar-refractivity contribution is -0.137. The number of alkyl carbamates (subject to hydrolysis) is 1. The molecule has 1 saturated carbocycles. The van der Waals surface area contributed by atoms with Gasteiger partial charge < -0.3 is 15.4 Å². The highest BCUT2D eigenvalue weighted by Gasteiger charge is 2.33. The van der Waals surface area contributed by atoms with Crippen molar-refractivity contribution in [2.24, 2.45) is 0 Å². The number of rotatable bonds is 7. The third-order valence-electron chi connectivity index (χ3n) is 8.61. The SMILES string of the molecule is Cc1ccc(S(=O)(=O)n2cc(-c3cnc(C(F)F)c4cnc(N[C@@H]5CCCC[C@@H]5NC(=O)OC(C)(C)C)nc34)c3ccc(C(F)(F)F)cc32)cc1. The molecule has 6 rings (SSSR count). The molecule has 0 radical (unpaired) electrons. The van der Waals surface area contributed by atoms with Crippen LogP contribution in [-0.2, 0) is 20.9 Å². The van der Waals surface area contributed by atoms with Crippen molar-refractivity contribution in [1.29, 1.82) is 0 Å². The molecule has 0 unspecified atom stereocenters. The van der Waals surface area contributed by atoms with Crippen LogP contribution in [0.3, 0.4) is 0 Å². The third-order valence-corrected chi connectivity index (χ3v) is 10.3. The number of anilines is 1. The number of nitrogens with zero attached hydrogens (tertiary/aromatic N) is 4. The number of benzene rings is 2. The van der Waals surface area contributed by atoms with Gasteiger partial charge in [-0.25, -0.2) is 35.9 Å². The zero-order valence-electron chi connectivity index (χ0n) is 28.1. The van der Waals surface area contributed by atoms with Crippen LogP contribution in [0, 0.1) is 6.92 Å². The van der Waals surface area contributed by atoms with Gasteiger partial charge in [-0.05, 0) is 64.8 Å². The molecule has 0 saturated heterocycles. The number of halogens is 5. The smallest absolute Gasteiger partial charge is 0.416 e. The van der Waals surface area contributed by atoms with Gasteiger partial charge in [-0.15, -0.1) is 0 Å². The summed E-state index contributed by atoms with van der Waals surface area (Å²) in [5.74, 6) is 0.0356. The van der Waals surface area contributed by atoms with Crippen LogP contribution >= 0.6 is 0 Å². The molecule has 1 amide bonds. The Labute approximate surface area is 290 Å². The predicted molar refractivity (Wildman–Crippen MR) is 181 cm³/mol. The van der Waals surface area contributed by atoms with Crippen LogP contribution in [0.5, 0.6) is 0 Å². The first-order valence-corrected chi connectivity index (χ1v) is 17.6. The summed E-state index contributed by atoms with van der Waals surface area (Å²) in [6, 6.07) is 7.78. The molecule has 0 bridgehead atoms. The zero-order valence-corrected chi connectivity index (χ0v) is 28.9. The molecular formula is C35H35F5N6O4S. The number of aromatic nitrogens is 4. The number of nitrogens with one attached hydrogen (secondary N) is 2. The van der Waals surface area contributed by atoms with Crippen LogP contribution in [0.15, 0.2) is 66.0 Å². The van der Waals surface area contributed by atoms with E-state index in [2.05, 4.69) is 25.6 Å². The van der Waals surface area contributed by atoms with Crippen LogP contribution in [0.1, 0.15) is 69.7 Å². The van der Waals surface area contributed by atoms with E-state index in [-0.39, 0.29) is 55.9 Å². The van der Waals surface area contributed by atoms with Crippen molar-refractivity contribution in [3.63, 3.8) is 0 Å². The second-order valence-corrected chi connectivity index (χ2v) is 15.3. The maximum atomic E-state index is 14.2. The van der Waals surface area contributed by atoms with E-state index < -0.39 is 45.6 Å². The molecule has 3 heterocycles. The van der Waals surface area contributed by atoms with Gasteiger partial charge in [0.1, 0.15) is 11.3 Å². The van der Waals surface area contributed by atoms with E-state index >= 15 is 0 Å². The number of amides is 1. The Kier molecular flexibility index (Phi) is 9.42. The van der Waals surface area contributed by atoms with Gasteiger partial charge in [-0.3, -0.25) is 4.98 Å². The maximum Gasteiger partial charge on any atom is 0.416 e. The number of aryl methyl sites for hydroxylation is 1. The number of hydrogen-bond acceptors (Lipinski definition) is 8. The van der Waals surface area contributed by atoms with E-state index in [0.717, 1.165) is 53.0 Å².